The SMILES string of the molecule is CCCN(CCN(C)CC)CCN(C)CC. The van der Waals surface area contributed by atoms with Crippen molar-refractivity contribution in [2.24, 2.45) is 0 Å². The lowest BCUT2D eigenvalue weighted by Gasteiger charge is -2.26. The van der Waals surface area contributed by atoms with Gasteiger partial charge >= 0.3 is 0 Å². The molecule has 0 aliphatic carbocycles. The minimum atomic E-state index is 1.15. The lowest BCUT2D eigenvalue weighted by Crippen LogP contribution is -2.38. The highest BCUT2D eigenvalue weighted by molar-refractivity contribution is 4.62. The summed E-state index contributed by atoms with van der Waals surface area (Å²) in [7, 11) is 4.39. The first kappa shape index (κ1) is 15.9. The molecule has 0 unspecified atom stereocenters. The summed E-state index contributed by atoms with van der Waals surface area (Å²) in [5.74, 6) is 0. The van der Waals surface area contributed by atoms with Crippen LogP contribution in [-0.2, 0) is 0 Å². The maximum absolute atomic E-state index is 2.58. The summed E-state index contributed by atoms with van der Waals surface area (Å²) in [6, 6.07) is 0. The van der Waals surface area contributed by atoms with Crippen molar-refractivity contribution < 1.29 is 0 Å². The number of hydrogen-bond donors (Lipinski definition) is 0. The van der Waals surface area contributed by atoms with Crippen molar-refractivity contribution in [3.8, 4) is 0 Å². The Hall–Kier alpha value is -0.120. The fourth-order valence-corrected chi connectivity index (χ4v) is 1.59. The van der Waals surface area contributed by atoms with Crippen LogP contribution in [-0.4, -0.2) is 74.6 Å². The van der Waals surface area contributed by atoms with Gasteiger partial charge in [0.1, 0.15) is 0 Å². The van der Waals surface area contributed by atoms with Gasteiger partial charge in [-0.15, -0.1) is 0 Å². The van der Waals surface area contributed by atoms with Gasteiger partial charge in [-0.2, -0.15) is 0 Å². The van der Waals surface area contributed by atoms with Crippen LogP contribution in [0.25, 0.3) is 0 Å². The fraction of sp³-hybridized carbons (Fsp3) is 1.00. The first-order valence-electron chi connectivity index (χ1n) is 6.73. The largest absolute Gasteiger partial charge is 0.305 e. The minimum absolute atomic E-state index is 1.15. The normalized spacial score (nSPS) is 12.0. The zero-order chi connectivity index (χ0) is 12.4. The van der Waals surface area contributed by atoms with Gasteiger partial charge in [-0.1, -0.05) is 20.8 Å². The minimum Gasteiger partial charge on any atom is -0.305 e. The summed E-state index contributed by atoms with van der Waals surface area (Å²) in [5, 5.41) is 0. The molecule has 0 aromatic carbocycles. The first-order valence-corrected chi connectivity index (χ1v) is 6.73. The molecular weight excluding hydrogens is 198 g/mol. The number of likely N-dealkylation sites (N-methyl/N-ethyl adjacent to an activating group) is 2. The van der Waals surface area contributed by atoms with Crippen LogP contribution in [0.3, 0.4) is 0 Å². The Bertz CT molecular complexity index is 136. The van der Waals surface area contributed by atoms with Crippen molar-refractivity contribution >= 4 is 0 Å². The fourth-order valence-electron chi connectivity index (χ4n) is 1.59. The van der Waals surface area contributed by atoms with Crippen molar-refractivity contribution in [2.75, 3.05) is 59.9 Å². The molecule has 3 heteroatoms. The maximum Gasteiger partial charge on any atom is 0.0110 e. The van der Waals surface area contributed by atoms with Gasteiger partial charge in [0, 0.05) is 26.2 Å². The molecule has 0 fully saturated rings. The highest BCUT2D eigenvalue weighted by atomic mass is 15.2. The topological polar surface area (TPSA) is 9.72 Å². The van der Waals surface area contributed by atoms with E-state index in [-0.39, 0.29) is 0 Å². The molecule has 0 aliphatic heterocycles. The molecule has 16 heavy (non-hydrogen) atoms. The van der Waals surface area contributed by atoms with Crippen LogP contribution in [0, 0.1) is 0 Å². The Balaban J connectivity index is 3.78. The van der Waals surface area contributed by atoms with E-state index in [9.17, 15) is 0 Å². The van der Waals surface area contributed by atoms with Gasteiger partial charge in [-0.25, -0.2) is 0 Å². The van der Waals surface area contributed by atoms with E-state index in [2.05, 4.69) is 49.6 Å². The van der Waals surface area contributed by atoms with Gasteiger partial charge in [0.25, 0.3) is 0 Å². The Morgan fingerprint density at radius 2 is 1.06 bits per heavy atom. The third-order valence-electron chi connectivity index (χ3n) is 3.22. The van der Waals surface area contributed by atoms with E-state index in [0.29, 0.717) is 0 Å². The summed E-state index contributed by atoms with van der Waals surface area (Å²) in [6.45, 7) is 15.0. The molecule has 3 nitrogen and oxygen atoms in total. The molecule has 0 N–H and O–H groups in total. The average molecular weight is 229 g/mol. The van der Waals surface area contributed by atoms with E-state index >= 15 is 0 Å². The van der Waals surface area contributed by atoms with Crippen LogP contribution in [0.15, 0.2) is 0 Å². The van der Waals surface area contributed by atoms with Crippen molar-refractivity contribution in [3.05, 3.63) is 0 Å². The maximum atomic E-state index is 2.58. The van der Waals surface area contributed by atoms with E-state index in [1.165, 1.54) is 39.1 Å². The molecule has 0 radical (unpaired) electrons. The average Bonchev–Trinajstić information content (AvgIpc) is 2.31. The highest BCUT2D eigenvalue weighted by Gasteiger charge is 2.05. The van der Waals surface area contributed by atoms with E-state index in [0.717, 1.165) is 13.1 Å². The van der Waals surface area contributed by atoms with Crippen LogP contribution in [0.2, 0.25) is 0 Å². The number of rotatable bonds is 10. The van der Waals surface area contributed by atoms with Crippen LogP contribution >= 0.6 is 0 Å². The molecule has 0 rings (SSSR count). The molecule has 0 aromatic rings. The molecule has 0 heterocycles. The quantitative estimate of drug-likeness (QED) is 0.563. The van der Waals surface area contributed by atoms with Gasteiger partial charge in [-0.05, 0) is 40.2 Å². The Morgan fingerprint density at radius 1 is 0.625 bits per heavy atom. The Morgan fingerprint density at radius 3 is 1.38 bits per heavy atom. The summed E-state index contributed by atoms with van der Waals surface area (Å²) in [5.41, 5.74) is 0. The third-order valence-corrected chi connectivity index (χ3v) is 3.22. The smallest absolute Gasteiger partial charge is 0.0110 e. The standard InChI is InChI=1S/C13H31N3/c1-6-9-16(12-10-14(4)7-2)13-11-15(5)8-3/h6-13H2,1-5H3. The monoisotopic (exact) mass is 229 g/mol. The van der Waals surface area contributed by atoms with E-state index in [1.807, 2.05) is 0 Å². The Labute approximate surface area is 102 Å². The molecule has 0 aliphatic rings. The summed E-state index contributed by atoms with van der Waals surface area (Å²) >= 11 is 0. The summed E-state index contributed by atoms with van der Waals surface area (Å²) in [4.78, 5) is 7.34. The van der Waals surface area contributed by atoms with E-state index < -0.39 is 0 Å². The number of nitrogens with zero attached hydrogens (tertiary/aromatic N) is 3. The second-order valence-electron chi connectivity index (χ2n) is 4.63. The van der Waals surface area contributed by atoms with Gasteiger partial charge in [0.2, 0.25) is 0 Å². The van der Waals surface area contributed by atoms with Crippen LogP contribution in [0.4, 0.5) is 0 Å². The molecule has 0 bridgehead atoms. The highest BCUT2D eigenvalue weighted by Crippen LogP contribution is 1.94. The van der Waals surface area contributed by atoms with Crippen molar-refractivity contribution in [1.82, 2.24) is 14.7 Å². The molecule has 98 valence electrons. The molecule has 0 saturated heterocycles. The zero-order valence-electron chi connectivity index (χ0n) is 12.0. The summed E-state index contributed by atoms with van der Waals surface area (Å²) in [6.07, 6.45) is 1.26. The van der Waals surface area contributed by atoms with Crippen LogP contribution < -0.4 is 0 Å². The van der Waals surface area contributed by atoms with Gasteiger partial charge in [-0.3, -0.25) is 0 Å². The number of hydrogen-bond acceptors (Lipinski definition) is 3. The van der Waals surface area contributed by atoms with E-state index in [4.69, 9.17) is 0 Å². The van der Waals surface area contributed by atoms with E-state index in [1.54, 1.807) is 0 Å². The molecule has 0 atom stereocenters. The van der Waals surface area contributed by atoms with Crippen molar-refractivity contribution in [2.45, 2.75) is 27.2 Å². The molecule has 0 saturated carbocycles. The lowest BCUT2D eigenvalue weighted by atomic mass is 10.3. The zero-order valence-corrected chi connectivity index (χ0v) is 12.0. The first-order chi connectivity index (χ1) is 7.63. The Kier molecular flexibility index (Phi) is 9.99. The van der Waals surface area contributed by atoms with Gasteiger partial charge < -0.3 is 14.7 Å². The molecule has 0 spiro atoms. The lowest BCUT2D eigenvalue weighted by molar-refractivity contribution is 0.203. The third kappa shape index (κ3) is 8.08. The van der Waals surface area contributed by atoms with Crippen LogP contribution in [0.5, 0.6) is 0 Å². The summed E-state index contributed by atoms with van der Waals surface area (Å²) < 4.78 is 0. The molecular formula is C13H31N3. The predicted molar refractivity (Wildman–Crippen MR) is 73.1 cm³/mol. The van der Waals surface area contributed by atoms with Crippen molar-refractivity contribution in [3.63, 3.8) is 0 Å². The van der Waals surface area contributed by atoms with Crippen molar-refractivity contribution in [1.29, 1.82) is 0 Å². The molecule has 0 aromatic heterocycles. The predicted octanol–water partition coefficient (Wildman–Crippen LogP) is 1.60. The van der Waals surface area contributed by atoms with Gasteiger partial charge in [0.15, 0.2) is 0 Å². The van der Waals surface area contributed by atoms with Crippen LogP contribution in [0.1, 0.15) is 27.2 Å². The van der Waals surface area contributed by atoms with Gasteiger partial charge in [0.05, 0.1) is 0 Å². The second kappa shape index (κ2) is 10.1. The molecule has 0 amide bonds. The second-order valence-corrected chi connectivity index (χ2v) is 4.63.